The van der Waals surface area contributed by atoms with Gasteiger partial charge in [0.1, 0.15) is 32.7 Å². The molecule has 0 aliphatic carbocycles. The van der Waals surface area contributed by atoms with Crippen LogP contribution in [0.25, 0.3) is 0 Å². The number of aryl methyl sites for hydroxylation is 1. The van der Waals surface area contributed by atoms with Crippen LogP contribution >= 0.6 is 15.9 Å². The van der Waals surface area contributed by atoms with Crippen LogP contribution in [0.1, 0.15) is 5.56 Å². The Balaban J connectivity index is 1.78. The van der Waals surface area contributed by atoms with Gasteiger partial charge in [0.2, 0.25) is 0 Å². The maximum Gasteiger partial charge on any atom is 0.279 e. The van der Waals surface area contributed by atoms with Gasteiger partial charge in [0, 0.05) is 10.2 Å². The number of aliphatic hydroxyl groups excluding tert-OH is 1. The molecule has 0 aromatic heterocycles. The minimum Gasteiger partial charge on any atom is -0.391 e. The van der Waals surface area contributed by atoms with E-state index in [1.807, 2.05) is 25.1 Å². The Kier molecular flexibility index (Phi) is 6.17. The van der Waals surface area contributed by atoms with Crippen molar-refractivity contribution in [2.75, 3.05) is 51.2 Å². The van der Waals surface area contributed by atoms with Crippen molar-refractivity contribution in [1.29, 1.82) is 0 Å². The molecule has 0 bridgehead atoms. The topological polar surface area (TPSA) is 58.2 Å². The van der Waals surface area contributed by atoms with E-state index in [0.717, 1.165) is 48.4 Å². The molecule has 0 spiro atoms. The Hall–Kier alpha value is -0.950. The molecule has 1 aliphatic rings. The van der Waals surface area contributed by atoms with E-state index in [4.69, 9.17) is 5.11 Å². The van der Waals surface area contributed by atoms with Gasteiger partial charge in [0.15, 0.2) is 6.54 Å². The summed E-state index contributed by atoms with van der Waals surface area (Å²) in [5, 5.41) is 11.9. The molecule has 0 atom stereocenters. The molecule has 1 aromatic carbocycles. The van der Waals surface area contributed by atoms with Crippen LogP contribution in [0.3, 0.4) is 0 Å². The zero-order chi connectivity index (χ0) is 15.2. The highest BCUT2D eigenvalue weighted by atomic mass is 79.9. The molecule has 0 radical (unpaired) electrons. The SMILES string of the molecule is Cc1ccc(NC(=O)C[NH+]2CC[NH+](CCO)CC2)cc1Br. The standard InChI is InChI=1S/C15H22BrN3O2/c1-12-2-3-13(10-14(12)16)17-15(21)11-19-6-4-18(5-7-19)8-9-20/h2-3,10,20H,4-9,11H2,1H3,(H,17,21)/p+2. The Bertz CT molecular complexity index is 488. The van der Waals surface area contributed by atoms with Gasteiger partial charge in [-0.3, -0.25) is 4.79 Å². The predicted octanol–water partition coefficient (Wildman–Crippen LogP) is -1.53. The highest BCUT2D eigenvalue weighted by Gasteiger charge is 2.24. The summed E-state index contributed by atoms with van der Waals surface area (Å²) in [6.07, 6.45) is 0. The molecule has 21 heavy (non-hydrogen) atoms. The van der Waals surface area contributed by atoms with Crippen LogP contribution < -0.4 is 15.1 Å². The van der Waals surface area contributed by atoms with Gasteiger partial charge in [-0.25, -0.2) is 0 Å². The molecular formula is C15H24BrN3O2+2. The Labute approximate surface area is 134 Å². The molecule has 2 rings (SSSR count). The van der Waals surface area contributed by atoms with Crippen LogP contribution in [0.5, 0.6) is 0 Å². The van der Waals surface area contributed by atoms with Crippen molar-refractivity contribution >= 4 is 27.5 Å². The fraction of sp³-hybridized carbons (Fsp3) is 0.533. The third kappa shape index (κ3) is 5.07. The highest BCUT2D eigenvalue weighted by Crippen LogP contribution is 2.20. The van der Waals surface area contributed by atoms with E-state index in [2.05, 4.69) is 21.2 Å². The largest absolute Gasteiger partial charge is 0.391 e. The van der Waals surface area contributed by atoms with E-state index in [1.54, 1.807) is 0 Å². The summed E-state index contributed by atoms with van der Waals surface area (Å²) in [7, 11) is 0. The number of nitrogens with one attached hydrogen (secondary N) is 3. The number of carbonyl (C=O) groups excluding carboxylic acids is 1. The second-order valence-electron chi connectivity index (χ2n) is 5.66. The number of piperazine rings is 1. The van der Waals surface area contributed by atoms with Crippen molar-refractivity contribution in [2.45, 2.75) is 6.92 Å². The number of hydrogen-bond donors (Lipinski definition) is 4. The number of halogens is 1. The van der Waals surface area contributed by atoms with Gasteiger partial charge in [-0.05, 0) is 24.6 Å². The lowest BCUT2D eigenvalue weighted by molar-refractivity contribution is -1.01. The van der Waals surface area contributed by atoms with Crippen molar-refractivity contribution in [3.8, 4) is 0 Å². The fourth-order valence-corrected chi connectivity index (χ4v) is 3.02. The van der Waals surface area contributed by atoms with Crippen molar-refractivity contribution in [3.63, 3.8) is 0 Å². The third-order valence-electron chi connectivity index (χ3n) is 4.00. The van der Waals surface area contributed by atoms with Gasteiger partial charge in [0.25, 0.3) is 5.91 Å². The predicted molar refractivity (Wildman–Crippen MR) is 85.7 cm³/mol. The van der Waals surface area contributed by atoms with Gasteiger partial charge in [-0.2, -0.15) is 0 Å². The van der Waals surface area contributed by atoms with Crippen LogP contribution in [0.2, 0.25) is 0 Å². The van der Waals surface area contributed by atoms with Crippen LogP contribution in [-0.4, -0.2) is 56.9 Å². The lowest BCUT2D eigenvalue weighted by atomic mass is 10.2. The Morgan fingerprint density at radius 3 is 2.57 bits per heavy atom. The van der Waals surface area contributed by atoms with Gasteiger partial charge in [-0.15, -0.1) is 0 Å². The molecule has 5 nitrogen and oxygen atoms in total. The third-order valence-corrected chi connectivity index (χ3v) is 4.85. The van der Waals surface area contributed by atoms with Crippen LogP contribution in [0.15, 0.2) is 22.7 Å². The average molecular weight is 358 g/mol. The van der Waals surface area contributed by atoms with E-state index < -0.39 is 0 Å². The van der Waals surface area contributed by atoms with Crippen LogP contribution in [0.4, 0.5) is 5.69 Å². The summed E-state index contributed by atoms with van der Waals surface area (Å²) in [5.74, 6) is 0.0614. The number of rotatable bonds is 5. The van der Waals surface area contributed by atoms with Crippen molar-refractivity contribution in [2.24, 2.45) is 0 Å². The normalized spacial score (nSPS) is 22.0. The quantitative estimate of drug-likeness (QED) is 0.517. The summed E-state index contributed by atoms with van der Waals surface area (Å²) in [6, 6.07) is 5.85. The van der Waals surface area contributed by atoms with Crippen molar-refractivity contribution in [1.82, 2.24) is 0 Å². The summed E-state index contributed by atoms with van der Waals surface area (Å²) in [6.45, 7) is 7.62. The van der Waals surface area contributed by atoms with Gasteiger partial charge in [-0.1, -0.05) is 22.0 Å². The first-order valence-corrected chi connectivity index (χ1v) is 8.22. The number of aliphatic hydroxyl groups is 1. The molecule has 1 saturated heterocycles. The number of carbonyl (C=O) groups is 1. The lowest BCUT2D eigenvalue weighted by Crippen LogP contribution is -3.28. The van der Waals surface area contributed by atoms with Crippen molar-refractivity contribution in [3.05, 3.63) is 28.2 Å². The van der Waals surface area contributed by atoms with Crippen LogP contribution in [-0.2, 0) is 4.79 Å². The summed E-state index contributed by atoms with van der Waals surface area (Å²) in [5.41, 5.74) is 1.99. The minimum atomic E-state index is 0.0614. The van der Waals surface area contributed by atoms with E-state index >= 15 is 0 Å². The van der Waals surface area contributed by atoms with E-state index in [9.17, 15) is 4.79 Å². The number of benzene rings is 1. The van der Waals surface area contributed by atoms with E-state index in [0.29, 0.717) is 6.54 Å². The Morgan fingerprint density at radius 2 is 1.95 bits per heavy atom. The molecule has 0 saturated carbocycles. The molecule has 1 fully saturated rings. The second-order valence-corrected chi connectivity index (χ2v) is 6.52. The second kappa shape index (κ2) is 7.89. The van der Waals surface area contributed by atoms with Gasteiger partial charge >= 0.3 is 0 Å². The fourth-order valence-electron chi connectivity index (χ4n) is 2.64. The Morgan fingerprint density at radius 1 is 1.29 bits per heavy atom. The summed E-state index contributed by atoms with van der Waals surface area (Å²) in [4.78, 5) is 14.8. The van der Waals surface area contributed by atoms with E-state index in [-0.39, 0.29) is 12.5 Å². The molecule has 4 N–H and O–H groups in total. The minimum absolute atomic E-state index is 0.0614. The molecule has 116 valence electrons. The molecule has 1 heterocycles. The van der Waals surface area contributed by atoms with Crippen molar-refractivity contribution < 1.29 is 19.7 Å². The van der Waals surface area contributed by atoms with E-state index in [1.165, 1.54) is 9.80 Å². The number of amides is 1. The lowest BCUT2D eigenvalue weighted by Gasteiger charge is -2.28. The molecule has 1 amide bonds. The molecule has 1 aliphatic heterocycles. The number of anilines is 1. The monoisotopic (exact) mass is 357 g/mol. The highest BCUT2D eigenvalue weighted by molar-refractivity contribution is 9.10. The first-order chi connectivity index (χ1) is 10.1. The number of hydrogen-bond acceptors (Lipinski definition) is 2. The first-order valence-electron chi connectivity index (χ1n) is 7.42. The number of quaternary nitrogens is 2. The summed E-state index contributed by atoms with van der Waals surface area (Å²) >= 11 is 3.48. The average Bonchev–Trinajstić information content (AvgIpc) is 2.45. The van der Waals surface area contributed by atoms with Crippen LogP contribution in [0, 0.1) is 6.92 Å². The molecule has 1 aromatic rings. The maximum atomic E-state index is 12.1. The zero-order valence-electron chi connectivity index (χ0n) is 12.4. The molecule has 6 heteroatoms. The summed E-state index contributed by atoms with van der Waals surface area (Å²) < 4.78 is 1.01. The van der Waals surface area contributed by atoms with Gasteiger partial charge < -0.3 is 20.2 Å². The maximum absolute atomic E-state index is 12.1. The van der Waals surface area contributed by atoms with Gasteiger partial charge in [0.05, 0.1) is 6.61 Å². The molecular weight excluding hydrogens is 334 g/mol. The first kappa shape index (κ1) is 16.4. The zero-order valence-corrected chi connectivity index (χ0v) is 14.0. The molecule has 0 unspecified atom stereocenters. The smallest absolute Gasteiger partial charge is 0.279 e.